The Morgan fingerprint density at radius 1 is 1.22 bits per heavy atom. The third-order valence-corrected chi connectivity index (χ3v) is 3.08. The Bertz CT molecular complexity index is 763. The van der Waals surface area contributed by atoms with Crippen molar-refractivity contribution in [2.45, 2.75) is 13.0 Å². The first-order chi connectivity index (χ1) is 11.0. The van der Waals surface area contributed by atoms with E-state index >= 15 is 0 Å². The third-order valence-electron chi connectivity index (χ3n) is 3.08. The Hall–Kier alpha value is -3.33. The molecule has 0 radical (unpaired) electrons. The lowest BCUT2D eigenvalue weighted by atomic mass is 10.2. The fourth-order valence-electron chi connectivity index (χ4n) is 1.86. The van der Waals surface area contributed by atoms with Gasteiger partial charge in [-0.2, -0.15) is 5.26 Å². The van der Waals surface area contributed by atoms with Gasteiger partial charge in [0, 0.05) is 11.3 Å². The van der Waals surface area contributed by atoms with Crippen molar-refractivity contribution in [1.82, 2.24) is 0 Å². The Kier molecular flexibility index (Phi) is 4.95. The summed E-state index contributed by atoms with van der Waals surface area (Å²) >= 11 is 0. The molecule has 2 rings (SSSR count). The molecule has 2 amide bonds. The molecule has 0 saturated carbocycles. The molecule has 6 nitrogen and oxygen atoms in total. The molecule has 0 aliphatic carbocycles. The van der Waals surface area contributed by atoms with Crippen LogP contribution in [0.25, 0.3) is 0 Å². The number of nitrogens with zero attached hydrogens (tertiary/aromatic N) is 1. The molecule has 0 saturated heterocycles. The normalized spacial score (nSPS) is 11.1. The average Bonchev–Trinajstić information content (AvgIpc) is 2.55. The molecule has 0 spiro atoms. The van der Waals surface area contributed by atoms with Gasteiger partial charge in [0.25, 0.3) is 5.91 Å². The SMILES string of the molecule is CC(Oc1ccc(C#N)cc1)C(=O)Nc1cccc(C(N)=O)c1. The van der Waals surface area contributed by atoms with Crippen LogP contribution in [-0.2, 0) is 4.79 Å². The zero-order valence-corrected chi connectivity index (χ0v) is 12.4. The van der Waals surface area contributed by atoms with Gasteiger partial charge in [0.1, 0.15) is 5.75 Å². The van der Waals surface area contributed by atoms with Gasteiger partial charge in [0.2, 0.25) is 5.91 Å². The van der Waals surface area contributed by atoms with Gasteiger partial charge in [0.15, 0.2) is 6.10 Å². The summed E-state index contributed by atoms with van der Waals surface area (Å²) in [4.78, 5) is 23.2. The van der Waals surface area contributed by atoms with Crippen LogP contribution in [-0.4, -0.2) is 17.9 Å². The lowest BCUT2D eigenvalue weighted by Gasteiger charge is -2.15. The zero-order chi connectivity index (χ0) is 16.8. The van der Waals surface area contributed by atoms with Crippen molar-refractivity contribution in [3.8, 4) is 11.8 Å². The number of ether oxygens (including phenoxy) is 1. The molecule has 23 heavy (non-hydrogen) atoms. The summed E-state index contributed by atoms with van der Waals surface area (Å²) in [5.74, 6) is -0.448. The van der Waals surface area contributed by atoms with Gasteiger partial charge in [-0.3, -0.25) is 9.59 Å². The van der Waals surface area contributed by atoms with E-state index in [1.165, 1.54) is 6.07 Å². The smallest absolute Gasteiger partial charge is 0.265 e. The first kappa shape index (κ1) is 16.0. The predicted octanol–water partition coefficient (Wildman–Crippen LogP) is 2.06. The molecule has 3 N–H and O–H groups in total. The molecule has 0 aromatic heterocycles. The van der Waals surface area contributed by atoms with E-state index < -0.39 is 12.0 Å². The molecule has 1 atom stereocenters. The van der Waals surface area contributed by atoms with E-state index in [9.17, 15) is 9.59 Å². The maximum Gasteiger partial charge on any atom is 0.265 e. The fourth-order valence-corrected chi connectivity index (χ4v) is 1.86. The average molecular weight is 309 g/mol. The maximum absolute atomic E-state index is 12.1. The second kappa shape index (κ2) is 7.09. The number of amides is 2. The fraction of sp³-hybridized carbons (Fsp3) is 0.118. The third kappa shape index (κ3) is 4.32. The Balaban J connectivity index is 2.00. The summed E-state index contributed by atoms with van der Waals surface area (Å²) in [6, 6.07) is 14.8. The topological polar surface area (TPSA) is 105 Å². The number of nitrogens with one attached hydrogen (secondary N) is 1. The number of benzene rings is 2. The minimum atomic E-state index is -0.750. The summed E-state index contributed by atoms with van der Waals surface area (Å²) < 4.78 is 5.51. The number of nitriles is 1. The van der Waals surface area contributed by atoms with Crippen molar-refractivity contribution in [1.29, 1.82) is 5.26 Å². The molecule has 1 unspecified atom stereocenters. The summed E-state index contributed by atoms with van der Waals surface area (Å²) in [6.45, 7) is 1.60. The van der Waals surface area contributed by atoms with E-state index in [4.69, 9.17) is 15.7 Å². The van der Waals surface area contributed by atoms with Crippen molar-refractivity contribution in [3.05, 3.63) is 59.7 Å². The number of nitrogens with two attached hydrogens (primary N) is 1. The minimum Gasteiger partial charge on any atom is -0.481 e. The number of rotatable bonds is 5. The van der Waals surface area contributed by atoms with E-state index in [-0.39, 0.29) is 5.91 Å². The lowest BCUT2D eigenvalue weighted by Crippen LogP contribution is -2.30. The quantitative estimate of drug-likeness (QED) is 0.881. The molecular formula is C17H15N3O3. The van der Waals surface area contributed by atoms with Crippen LogP contribution >= 0.6 is 0 Å². The van der Waals surface area contributed by atoms with Crippen LogP contribution in [0.3, 0.4) is 0 Å². The number of anilines is 1. The highest BCUT2D eigenvalue weighted by Gasteiger charge is 2.15. The molecule has 0 heterocycles. The van der Waals surface area contributed by atoms with Crippen molar-refractivity contribution in [2.75, 3.05) is 5.32 Å². The number of hydrogen-bond donors (Lipinski definition) is 2. The second-order valence-corrected chi connectivity index (χ2v) is 4.83. The van der Waals surface area contributed by atoms with Crippen molar-refractivity contribution in [2.24, 2.45) is 5.73 Å². The zero-order valence-electron chi connectivity index (χ0n) is 12.4. The highest BCUT2D eigenvalue weighted by Crippen LogP contribution is 2.15. The standard InChI is InChI=1S/C17H15N3O3/c1-11(23-15-7-5-12(10-18)6-8-15)17(22)20-14-4-2-3-13(9-14)16(19)21/h2-9,11H,1H3,(H2,19,21)(H,20,22). The van der Waals surface area contributed by atoms with Crippen LogP contribution in [0.4, 0.5) is 5.69 Å². The Labute approximate surface area is 133 Å². The van der Waals surface area contributed by atoms with E-state index in [0.717, 1.165) is 0 Å². The van der Waals surface area contributed by atoms with Crippen LogP contribution in [0.15, 0.2) is 48.5 Å². The summed E-state index contributed by atoms with van der Waals surface area (Å²) in [5.41, 5.74) is 6.48. The minimum absolute atomic E-state index is 0.309. The van der Waals surface area contributed by atoms with E-state index in [1.54, 1.807) is 49.4 Å². The summed E-state index contributed by atoms with van der Waals surface area (Å²) in [5, 5.41) is 11.4. The van der Waals surface area contributed by atoms with Crippen LogP contribution in [0.1, 0.15) is 22.8 Å². The first-order valence-corrected chi connectivity index (χ1v) is 6.87. The first-order valence-electron chi connectivity index (χ1n) is 6.87. The molecule has 2 aromatic rings. The number of primary amides is 1. The van der Waals surface area contributed by atoms with Crippen molar-refractivity contribution < 1.29 is 14.3 Å². The molecule has 0 bridgehead atoms. The summed E-state index contributed by atoms with van der Waals surface area (Å²) in [7, 11) is 0. The molecule has 0 aliphatic rings. The van der Waals surface area contributed by atoms with Gasteiger partial charge < -0.3 is 15.8 Å². The van der Waals surface area contributed by atoms with Crippen molar-refractivity contribution in [3.63, 3.8) is 0 Å². The Morgan fingerprint density at radius 2 is 1.91 bits per heavy atom. The molecule has 116 valence electrons. The van der Waals surface area contributed by atoms with Gasteiger partial charge in [-0.1, -0.05) is 6.07 Å². The Morgan fingerprint density at radius 3 is 2.52 bits per heavy atom. The second-order valence-electron chi connectivity index (χ2n) is 4.83. The highest BCUT2D eigenvalue weighted by molar-refractivity contribution is 5.97. The van der Waals surface area contributed by atoms with E-state index in [1.807, 2.05) is 6.07 Å². The lowest BCUT2D eigenvalue weighted by molar-refractivity contribution is -0.122. The van der Waals surface area contributed by atoms with Gasteiger partial charge in [-0.25, -0.2) is 0 Å². The van der Waals surface area contributed by atoms with Crippen LogP contribution in [0, 0.1) is 11.3 Å². The summed E-state index contributed by atoms with van der Waals surface area (Å²) in [6.07, 6.45) is -0.750. The molecular weight excluding hydrogens is 294 g/mol. The molecule has 0 fully saturated rings. The molecule has 6 heteroatoms. The van der Waals surface area contributed by atoms with Crippen molar-refractivity contribution >= 4 is 17.5 Å². The van der Waals surface area contributed by atoms with Crippen LogP contribution < -0.4 is 15.8 Å². The van der Waals surface area contributed by atoms with E-state index in [2.05, 4.69) is 5.32 Å². The monoisotopic (exact) mass is 309 g/mol. The maximum atomic E-state index is 12.1. The largest absolute Gasteiger partial charge is 0.481 e. The van der Waals surface area contributed by atoms with Gasteiger partial charge in [0.05, 0.1) is 11.6 Å². The highest BCUT2D eigenvalue weighted by atomic mass is 16.5. The van der Waals surface area contributed by atoms with Gasteiger partial charge >= 0.3 is 0 Å². The van der Waals surface area contributed by atoms with Crippen LogP contribution in [0.2, 0.25) is 0 Å². The predicted molar refractivity (Wildman–Crippen MR) is 84.8 cm³/mol. The van der Waals surface area contributed by atoms with Crippen LogP contribution in [0.5, 0.6) is 5.75 Å². The number of carbonyl (C=O) groups excluding carboxylic acids is 2. The molecule has 2 aromatic carbocycles. The van der Waals surface area contributed by atoms with Gasteiger partial charge in [-0.15, -0.1) is 0 Å². The number of carbonyl (C=O) groups is 2. The van der Waals surface area contributed by atoms with Gasteiger partial charge in [-0.05, 0) is 49.4 Å². The number of hydrogen-bond acceptors (Lipinski definition) is 4. The molecule has 0 aliphatic heterocycles. The van der Waals surface area contributed by atoms with E-state index in [0.29, 0.717) is 22.6 Å².